The minimum atomic E-state index is -1.48. The average molecular weight is 215 g/mol. The first kappa shape index (κ1) is 11.6. The molecule has 0 fully saturated rings. The largest absolute Gasteiger partial charge is 0.478 e. The van der Waals surface area contributed by atoms with Crippen LogP contribution < -0.4 is 5.73 Å². The van der Waals surface area contributed by atoms with Gasteiger partial charge in [0.25, 0.3) is 0 Å². The summed E-state index contributed by atoms with van der Waals surface area (Å²) in [7, 11) is 0. The van der Waals surface area contributed by atoms with E-state index in [1.807, 2.05) is 0 Å². The molecule has 0 aliphatic heterocycles. The number of carbonyl (C=O) groups is 1. The number of rotatable bonds is 4. The summed E-state index contributed by atoms with van der Waals surface area (Å²) in [4.78, 5) is 10.5. The highest BCUT2D eigenvalue weighted by atomic mass is 19.2. The minimum absolute atomic E-state index is 0.156. The molecule has 0 radical (unpaired) electrons. The summed E-state index contributed by atoms with van der Waals surface area (Å²) in [5.41, 5.74) is 4.74. The molecule has 0 heterocycles. The Morgan fingerprint density at radius 3 is 2.53 bits per heavy atom. The fraction of sp³-hybridized carbons (Fsp3) is 0.300. The average Bonchev–Trinajstić information content (AvgIpc) is 2.20. The Bertz CT molecular complexity index is 380. The van der Waals surface area contributed by atoms with Crippen molar-refractivity contribution in [2.24, 2.45) is 5.73 Å². The topological polar surface area (TPSA) is 63.3 Å². The van der Waals surface area contributed by atoms with Crippen LogP contribution >= 0.6 is 0 Å². The van der Waals surface area contributed by atoms with Gasteiger partial charge in [-0.1, -0.05) is 6.07 Å². The normalized spacial score (nSPS) is 10.3. The van der Waals surface area contributed by atoms with Gasteiger partial charge < -0.3 is 10.8 Å². The fourth-order valence-corrected chi connectivity index (χ4v) is 1.24. The van der Waals surface area contributed by atoms with Crippen LogP contribution in [0, 0.1) is 11.6 Å². The van der Waals surface area contributed by atoms with Gasteiger partial charge in [0.1, 0.15) is 0 Å². The first-order chi connectivity index (χ1) is 7.07. The summed E-state index contributed by atoms with van der Waals surface area (Å²) < 4.78 is 26.4. The van der Waals surface area contributed by atoms with Gasteiger partial charge in [-0.25, -0.2) is 13.6 Å². The summed E-state index contributed by atoms with van der Waals surface area (Å²) in [6.07, 6.45) is 0.835. The first-order valence-corrected chi connectivity index (χ1v) is 4.48. The predicted molar refractivity (Wildman–Crippen MR) is 50.7 cm³/mol. The van der Waals surface area contributed by atoms with E-state index in [1.165, 1.54) is 6.07 Å². The van der Waals surface area contributed by atoms with Crippen LogP contribution in [0.2, 0.25) is 0 Å². The molecule has 0 aliphatic rings. The quantitative estimate of drug-likeness (QED) is 0.801. The standard InChI is InChI=1S/C10H11F2NO2/c11-8-6(2-1-5-13)3-4-7(9(8)12)10(14)15/h3-4H,1-2,5,13H2,(H,14,15). The van der Waals surface area contributed by atoms with Crippen LogP contribution in [0.3, 0.4) is 0 Å². The number of hydrogen-bond acceptors (Lipinski definition) is 2. The SMILES string of the molecule is NCCCc1ccc(C(=O)O)c(F)c1F. The van der Waals surface area contributed by atoms with Crippen molar-refractivity contribution in [2.75, 3.05) is 6.54 Å². The van der Waals surface area contributed by atoms with Crippen LogP contribution in [0.5, 0.6) is 0 Å². The van der Waals surface area contributed by atoms with Gasteiger partial charge in [0, 0.05) is 0 Å². The van der Waals surface area contributed by atoms with Crippen LogP contribution in [0.15, 0.2) is 12.1 Å². The van der Waals surface area contributed by atoms with Gasteiger partial charge in [-0.05, 0) is 31.0 Å². The van der Waals surface area contributed by atoms with Crippen LogP contribution in [-0.2, 0) is 6.42 Å². The van der Waals surface area contributed by atoms with Gasteiger partial charge in [0.15, 0.2) is 11.6 Å². The molecule has 82 valence electrons. The van der Waals surface area contributed by atoms with Gasteiger partial charge >= 0.3 is 5.97 Å². The Morgan fingerprint density at radius 2 is 2.00 bits per heavy atom. The smallest absolute Gasteiger partial charge is 0.338 e. The van der Waals surface area contributed by atoms with Crippen molar-refractivity contribution in [1.82, 2.24) is 0 Å². The van der Waals surface area contributed by atoms with E-state index in [-0.39, 0.29) is 5.56 Å². The predicted octanol–water partition coefficient (Wildman–Crippen LogP) is 1.55. The van der Waals surface area contributed by atoms with Gasteiger partial charge in [0.2, 0.25) is 0 Å². The molecule has 1 aromatic carbocycles. The number of carboxylic acids is 1. The highest BCUT2D eigenvalue weighted by Gasteiger charge is 2.17. The molecule has 0 spiro atoms. The van der Waals surface area contributed by atoms with E-state index in [9.17, 15) is 13.6 Å². The van der Waals surface area contributed by atoms with Crippen molar-refractivity contribution in [3.05, 3.63) is 34.9 Å². The summed E-state index contributed by atoms with van der Waals surface area (Å²) in [5.74, 6) is -3.88. The zero-order chi connectivity index (χ0) is 11.4. The van der Waals surface area contributed by atoms with Gasteiger partial charge in [0.05, 0.1) is 5.56 Å². The molecule has 1 rings (SSSR count). The molecule has 0 aromatic heterocycles. The van der Waals surface area contributed by atoms with E-state index in [2.05, 4.69) is 0 Å². The zero-order valence-corrected chi connectivity index (χ0v) is 7.96. The maximum Gasteiger partial charge on any atom is 0.338 e. The summed E-state index contributed by atoms with van der Waals surface area (Å²) in [6, 6.07) is 2.34. The lowest BCUT2D eigenvalue weighted by Crippen LogP contribution is -2.07. The summed E-state index contributed by atoms with van der Waals surface area (Å²) in [5, 5.41) is 8.53. The Labute approximate surface area is 85.5 Å². The molecule has 0 saturated carbocycles. The Morgan fingerprint density at radius 1 is 1.33 bits per heavy atom. The van der Waals surface area contributed by atoms with Crippen molar-refractivity contribution in [2.45, 2.75) is 12.8 Å². The molecule has 3 N–H and O–H groups in total. The maximum atomic E-state index is 13.3. The van der Waals surface area contributed by atoms with Crippen molar-refractivity contribution < 1.29 is 18.7 Å². The molecule has 0 atom stereocenters. The third kappa shape index (κ3) is 2.50. The van der Waals surface area contributed by atoms with Crippen molar-refractivity contribution >= 4 is 5.97 Å². The van der Waals surface area contributed by atoms with Crippen LogP contribution in [0.25, 0.3) is 0 Å². The van der Waals surface area contributed by atoms with Gasteiger partial charge in [-0.2, -0.15) is 0 Å². The number of carboxylic acid groups (broad SMARTS) is 1. The van der Waals surface area contributed by atoms with E-state index in [0.717, 1.165) is 6.07 Å². The number of aryl methyl sites for hydroxylation is 1. The number of nitrogens with two attached hydrogens (primary N) is 1. The fourth-order valence-electron chi connectivity index (χ4n) is 1.24. The van der Waals surface area contributed by atoms with E-state index in [0.29, 0.717) is 19.4 Å². The van der Waals surface area contributed by atoms with E-state index < -0.39 is 23.2 Å². The Hall–Kier alpha value is -1.49. The second-order valence-electron chi connectivity index (χ2n) is 3.10. The van der Waals surface area contributed by atoms with Crippen molar-refractivity contribution in [1.29, 1.82) is 0 Å². The molecule has 1 aromatic rings. The molecule has 0 bridgehead atoms. The number of hydrogen-bond donors (Lipinski definition) is 2. The highest BCUT2D eigenvalue weighted by Crippen LogP contribution is 2.17. The number of aromatic carboxylic acids is 1. The van der Waals surface area contributed by atoms with E-state index in [4.69, 9.17) is 10.8 Å². The molecule has 0 aliphatic carbocycles. The minimum Gasteiger partial charge on any atom is -0.478 e. The number of benzene rings is 1. The highest BCUT2D eigenvalue weighted by molar-refractivity contribution is 5.88. The summed E-state index contributed by atoms with van der Waals surface area (Å²) in [6.45, 7) is 0.377. The van der Waals surface area contributed by atoms with Crippen LogP contribution in [0.1, 0.15) is 22.3 Å². The second kappa shape index (κ2) is 4.84. The monoisotopic (exact) mass is 215 g/mol. The molecule has 15 heavy (non-hydrogen) atoms. The van der Waals surface area contributed by atoms with Gasteiger partial charge in [-0.3, -0.25) is 0 Å². The lowest BCUT2D eigenvalue weighted by molar-refractivity contribution is 0.0690. The molecule has 0 amide bonds. The molecular weight excluding hydrogens is 204 g/mol. The van der Waals surface area contributed by atoms with Crippen LogP contribution in [-0.4, -0.2) is 17.6 Å². The molecule has 5 heteroatoms. The van der Waals surface area contributed by atoms with E-state index in [1.54, 1.807) is 0 Å². The van der Waals surface area contributed by atoms with E-state index >= 15 is 0 Å². The second-order valence-corrected chi connectivity index (χ2v) is 3.10. The first-order valence-electron chi connectivity index (χ1n) is 4.48. The Balaban J connectivity index is 3.04. The van der Waals surface area contributed by atoms with Crippen molar-refractivity contribution in [3.8, 4) is 0 Å². The van der Waals surface area contributed by atoms with Gasteiger partial charge in [-0.15, -0.1) is 0 Å². The third-order valence-electron chi connectivity index (χ3n) is 2.04. The van der Waals surface area contributed by atoms with Crippen LogP contribution in [0.4, 0.5) is 8.78 Å². The lowest BCUT2D eigenvalue weighted by atomic mass is 10.1. The zero-order valence-electron chi connectivity index (χ0n) is 7.96. The summed E-state index contributed by atoms with van der Waals surface area (Å²) >= 11 is 0. The third-order valence-corrected chi connectivity index (χ3v) is 2.04. The molecule has 3 nitrogen and oxygen atoms in total. The molecule has 0 unspecified atom stereocenters. The molecule has 0 saturated heterocycles. The van der Waals surface area contributed by atoms with Crippen molar-refractivity contribution in [3.63, 3.8) is 0 Å². The number of halogens is 2. The molecular formula is C10H11F2NO2. The Kier molecular flexibility index (Phi) is 3.74. The lowest BCUT2D eigenvalue weighted by Gasteiger charge is -2.05. The maximum absolute atomic E-state index is 13.3.